The van der Waals surface area contributed by atoms with E-state index in [9.17, 15) is 4.79 Å². The topological polar surface area (TPSA) is 43.1 Å². The summed E-state index contributed by atoms with van der Waals surface area (Å²) in [5.74, 6) is 0.272. The molecule has 0 aliphatic heterocycles. The van der Waals surface area contributed by atoms with E-state index in [2.05, 4.69) is 4.98 Å². The molecule has 0 fully saturated rings. The molecule has 0 atom stereocenters. The molecular weight excluding hydrogens is 321 g/mol. The lowest BCUT2D eigenvalue weighted by molar-refractivity contribution is 0.112. The Bertz CT molecular complexity index is 794. The smallest absolute Gasteiger partial charge is 0.228 e. The van der Waals surface area contributed by atoms with Crippen LogP contribution in [0.5, 0.6) is 0 Å². The number of aromatic nitrogens is 1. The quantitative estimate of drug-likeness (QED) is 0.476. The van der Waals surface area contributed by atoms with Gasteiger partial charge in [0.25, 0.3) is 0 Å². The van der Waals surface area contributed by atoms with Crippen LogP contribution in [0.3, 0.4) is 0 Å². The molecule has 2 aromatic carbocycles. The second-order valence-corrected chi connectivity index (χ2v) is 5.22. The van der Waals surface area contributed by atoms with Crippen molar-refractivity contribution in [2.45, 2.75) is 0 Å². The van der Waals surface area contributed by atoms with Crippen LogP contribution in [-0.4, -0.2) is 11.3 Å². The van der Waals surface area contributed by atoms with Gasteiger partial charge in [0.05, 0.1) is 20.6 Å². The summed E-state index contributed by atoms with van der Waals surface area (Å²) in [5, 5.41) is 0.459. The number of oxazole rings is 1. The number of rotatable bonds is 2. The zero-order valence-electron chi connectivity index (χ0n) is 9.86. The van der Waals surface area contributed by atoms with Crippen LogP contribution in [0.4, 0.5) is 0 Å². The highest BCUT2D eigenvalue weighted by atomic mass is 35.5. The second-order valence-electron chi connectivity index (χ2n) is 4.05. The Hall–Kier alpha value is -1.55. The van der Waals surface area contributed by atoms with Gasteiger partial charge in [-0.3, -0.25) is 4.79 Å². The van der Waals surface area contributed by atoms with Crippen molar-refractivity contribution in [1.82, 2.24) is 4.98 Å². The minimum Gasteiger partial charge on any atom is -0.436 e. The van der Waals surface area contributed by atoms with Crippen molar-refractivity contribution in [3.63, 3.8) is 0 Å². The summed E-state index contributed by atoms with van der Waals surface area (Å²) in [4.78, 5) is 15.6. The molecule has 20 heavy (non-hydrogen) atoms. The van der Waals surface area contributed by atoms with Crippen LogP contribution in [0.25, 0.3) is 22.6 Å². The van der Waals surface area contributed by atoms with Crippen LogP contribution in [-0.2, 0) is 0 Å². The SMILES string of the molecule is O=Cc1c(-c2nc3ccccc3o2)cc(Cl)c(Cl)c1Cl. The molecule has 0 saturated carbocycles. The summed E-state index contributed by atoms with van der Waals surface area (Å²) in [5.41, 5.74) is 1.91. The summed E-state index contributed by atoms with van der Waals surface area (Å²) < 4.78 is 5.62. The number of hydrogen-bond donors (Lipinski definition) is 0. The minimum absolute atomic E-state index is 0.0893. The molecule has 1 aromatic heterocycles. The summed E-state index contributed by atoms with van der Waals surface area (Å²) in [6.45, 7) is 0. The molecule has 0 unspecified atom stereocenters. The summed E-state index contributed by atoms with van der Waals surface area (Å²) in [6, 6.07) is 8.79. The molecule has 100 valence electrons. The van der Waals surface area contributed by atoms with E-state index in [0.29, 0.717) is 22.9 Å². The Morgan fingerprint density at radius 3 is 2.55 bits per heavy atom. The maximum absolute atomic E-state index is 11.2. The van der Waals surface area contributed by atoms with E-state index >= 15 is 0 Å². The van der Waals surface area contributed by atoms with Crippen molar-refractivity contribution in [3.05, 3.63) is 51.0 Å². The number of hydrogen-bond acceptors (Lipinski definition) is 3. The van der Waals surface area contributed by atoms with Crippen LogP contribution >= 0.6 is 34.8 Å². The van der Waals surface area contributed by atoms with Crippen LogP contribution in [0.1, 0.15) is 10.4 Å². The van der Waals surface area contributed by atoms with E-state index in [1.807, 2.05) is 18.2 Å². The number of aldehydes is 1. The fourth-order valence-corrected chi connectivity index (χ4v) is 2.55. The van der Waals surface area contributed by atoms with Crippen molar-refractivity contribution in [1.29, 1.82) is 0 Å². The van der Waals surface area contributed by atoms with Crippen molar-refractivity contribution in [2.24, 2.45) is 0 Å². The standard InChI is InChI=1S/C14H6Cl3NO2/c15-9-5-7(8(6-19)12(16)13(9)17)14-18-10-3-1-2-4-11(10)20-14/h1-6H. The first kappa shape index (κ1) is 13.4. The van der Waals surface area contributed by atoms with E-state index in [0.717, 1.165) is 0 Å². The van der Waals surface area contributed by atoms with Crippen LogP contribution < -0.4 is 0 Å². The molecule has 3 nitrogen and oxygen atoms in total. The Labute approximate surface area is 129 Å². The number of halogens is 3. The maximum atomic E-state index is 11.2. The fourth-order valence-electron chi connectivity index (χ4n) is 1.89. The number of nitrogens with zero attached hydrogens (tertiary/aromatic N) is 1. The normalized spacial score (nSPS) is 10.9. The van der Waals surface area contributed by atoms with Gasteiger partial charge in [-0.05, 0) is 18.2 Å². The van der Waals surface area contributed by atoms with Gasteiger partial charge in [0.1, 0.15) is 5.52 Å². The number of carbonyl (C=O) groups is 1. The fraction of sp³-hybridized carbons (Fsp3) is 0. The van der Waals surface area contributed by atoms with E-state index in [1.165, 1.54) is 6.07 Å². The molecule has 3 aromatic rings. The van der Waals surface area contributed by atoms with Gasteiger partial charge in [-0.15, -0.1) is 0 Å². The third-order valence-corrected chi connectivity index (χ3v) is 4.12. The Kier molecular flexibility index (Phi) is 3.42. The summed E-state index contributed by atoms with van der Waals surface area (Å²) in [6.07, 6.45) is 0.606. The van der Waals surface area contributed by atoms with Crippen molar-refractivity contribution >= 4 is 52.2 Å². The lowest BCUT2D eigenvalue weighted by atomic mass is 10.1. The van der Waals surface area contributed by atoms with Gasteiger partial charge in [-0.25, -0.2) is 4.98 Å². The van der Waals surface area contributed by atoms with E-state index in [1.54, 1.807) is 6.07 Å². The highest BCUT2D eigenvalue weighted by Crippen LogP contribution is 2.39. The highest BCUT2D eigenvalue weighted by molar-refractivity contribution is 6.49. The van der Waals surface area contributed by atoms with Crippen LogP contribution in [0.15, 0.2) is 34.7 Å². The van der Waals surface area contributed by atoms with Gasteiger partial charge in [-0.1, -0.05) is 46.9 Å². The van der Waals surface area contributed by atoms with Crippen LogP contribution in [0.2, 0.25) is 15.1 Å². The van der Waals surface area contributed by atoms with Gasteiger partial charge < -0.3 is 4.42 Å². The molecule has 0 aliphatic rings. The van der Waals surface area contributed by atoms with E-state index in [-0.39, 0.29) is 26.5 Å². The highest BCUT2D eigenvalue weighted by Gasteiger charge is 2.19. The molecule has 0 saturated heterocycles. The molecule has 3 rings (SSSR count). The number of benzene rings is 2. The molecule has 1 heterocycles. The predicted octanol–water partition coefficient (Wildman–Crippen LogP) is 5.27. The molecule has 0 bridgehead atoms. The number of fused-ring (bicyclic) bond motifs is 1. The van der Waals surface area contributed by atoms with Crippen molar-refractivity contribution in [3.8, 4) is 11.5 Å². The lowest BCUT2D eigenvalue weighted by Crippen LogP contribution is -1.91. The maximum Gasteiger partial charge on any atom is 0.228 e. The predicted molar refractivity (Wildman–Crippen MR) is 79.9 cm³/mol. The zero-order chi connectivity index (χ0) is 14.3. The van der Waals surface area contributed by atoms with Gasteiger partial charge in [-0.2, -0.15) is 0 Å². The molecule has 0 radical (unpaired) electrons. The number of para-hydroxylation sites is 2. The minimum atomic E-state index is 0.0893. The molecule has 0 amide bonds. The molecule has 6 heteroatoms. The first-order chi connectivity index (χ1) is 9.61. The first-order valence-corrected chi connectivity index (χ1v) is 6.74. The third-order valence-electron chi connectivity index (χ3n) is 2.84. The van der Waals surface area contributed by atoms with E-state index < -0.39 is 0 Å². The summed E-state index contributed by atoms with van der Waals surface area (Å²) in [7, 11) is 0. The largest absolute Gasteiger partial charge is 0.436 e. The molecular formula is C14H6Cl3NO2. The van der Waals surface area contributed by atoms with Gasteiger partial charge in [0.15, 0.2) is 11.9 Å². The first-order valence-electron chi connectivity index (χ1n) is 5.60. The second kappa shape index (κ2) is 5.09. The Morgan fingerprint density at radius 2 is 1.85 bits per heavy atom. The average molecular weight is 327 g/mol. The molecule has 0 N–H and O–H groups in total. The van der Waals surface area contributed by atoms with Gasteiger partial charge in [0, 0.05) is 5.56 Å². The Balaban J connectivity index is 2.30. The Morgan fingerprint density at radius 1 is 1.10 bits per heavy atom. The van der Waals surface area contributed by atoms with Crippen molar-refractivity contribution < 1.29 is 9.21 Å². The molecule has 0 aliphatic carbocycles. The van der Waals surface area contributed by atoms with Crippen molar-refractivity contribution in [2.75, 3.05) is 0 Å². The monoisotopic (exact) mass is 325 g/mol. The van der Waals surface area contributed by atoms with Gasteiger partial charge >= 0.3 is 0 Å². The lowest BCUT2D eigenvalue weighted by Gasteiger charge is -2.06. The molecule has 0 spiro atoms. The zero-order valence-corrected chi connectivity index (χ0v) is 12.1. The average Bonchev–Trinajstić information content (AvgIpc) is 2.88. The van der Waals surface area contributed by atoms with Gasteiger partial charge in [0.2, 0.25) is 5.89 Å². The third kappa shape index (κ3) is 2.08. The van der Waals surface area contributed by atoms with Crippen LogP contribution in [0, 0.1) is 0 Å². The summed E-state index contributed by atoms with van der Waals surface area (Å²) >= 11 is 18.0. The van der Waals surface area contributed by atoms with E-state index in [4.69, 9.17) is 39.2 Å². The number of carbonyl (C=O) groups excluding carboxylic acids is 1.